The molecule has 1 heterocycles. The normalized spacial score (nSPS) is 22.5. The molecule has 1 N–H and O–H groups in total. The maximum Gasteiger partial charge on any atom is 0.269 e. The van der Waals surface area contributed by atoms with Gasteiger partial charge in [0, 0.05) is 35.4 Å². The molecule has 0 aliphatic heterocycles. The number of carbonyl (C=O) groups excluding carboxylic acids is 1. The minimum atomic E-state index is -3.88. The Morgan fingerprint density at radius 1 is 1.20 bits per heavy atom. The zero-order chi connectivity index (χ0) is 28.9. The molecule has 40 heavy (non-hydrogen) atoms. The smallest absolute Gasteiger partial charge is 0.269 e. The molecule has 3 aromatic rings. The van der Waals surface area contributed by atoms with Crippen molar-refractivity contribution in [1.29, 1.82) is 0 Å². The first-order valence-corrected chi connectivity index (χ1v) is 15.9. The van der Waals surface area contributed by atoms with Crippen LogP contribution in [-0.2, 0) is 20.6 Å². The van der Waals surface area contributed by atoms with Crippen LogP contribution in [0.1, 0.15) is 63.0 Å². The van der Waals surface area contributed by atoms with Gasteiger partial charge in [-0.3, -0.25) is 19.5 Å². The minimum absolute atomic E-state index is 0.0376. The summed E-state index contributed by atoms with van der Waals surface area (Å²) in [7, 11) is -3.88. The van der Waals surface area contributed by atoms with Crippen LogP contribution in [0.2, 0.25) is 0 Å². The van der Waals surface area contributed by atoms with Crippen molar-refractivity contribution < 1.29 is 18.1 Å². The third kappa shape index (κ3) is 5.08. The molecule has 2 fully saturated rings. The van der Waals surface area contributed by atoms with Crippen LogP contribution in [0.4, 0.5) is 5.69 Å². The van der Waals surface area contributed by atoms with Gasteiger partial charge in [0.2, 0.25) is 10.0 Å². The standard InChI is InChI=1S/C28H33N5O5S2/c1-18-6-5-7-20(14-18)16-39-26-30-29-25(32(26)22-8-10-23(11-9-22)33(35)36)19(2)31-40(37,38)17-28-13-12-21(15-24(28)34)27(28,3)4/h5-11,14,19,21,31H,12-13,15-17H2,1-4H3. The molecular formula is C28H33N5O5S2. The van der Waals surface area contributed by atoms with Crippen LogP contribution < -0.4 is 4.72 Å². The lowest BCUT2D eigenvalue weighted by molar-refractivity contribution is -0.384. The Morgan fingerprint density at radius 3 is 2.52 bits per heavy atom. The van der Waals surface area contributed by atoms with Crippen molar-refractivity contribution in [1.82, 2.24) is 19.5 Å². The van der Waals surface area contributed by atoms with E-state index in [9.17, 15) is 23.3 Å². The Kier molecular flexibility index (Phi) is 7.38. The van der Waals surface area contributed by atoms with Gasteiger partial charge in [0.25, 0.3) is 5.69 Å². The highest BCUT2D eigenvalue weighted by atomic mass is 32.2. The maximum absolute atomic E-state index is 13.5. The fraction of sp³-hybridized carbons (Fsp3) is 0.464. The predicted molar refractivity (Wildman–Crippen MR) is 153 cm³/mol. The number of Topliss-reactive ketones (excluding diaryl/α,β-unsaturated/α-hetero) is 1. The lowest BCUT2D eigenvalue weighted by Gasteiger charge is -2.36. The largest absolute Gasteiger partial charge is 0.299 e. The third-order valence-electron chi connectivity index (χ3n) is 8.75. The highest BCUT2D eigenvalue weighted by Crippen LogP contribution is 2.64. The summed E-state index contributed by atoms with van der Waals surface area (Å²) in [6.07, 6.45) is 1.88. The lowest BCUT2D eigenvalue weighted by atomic mass is 9.70. The molecule has 3 atom stereocenters. The number of benzene rings is 2. The number of aromatic nitrogens is 3. The molecule has 0 spiro atoms. The molecule has 2 aliphatic rings. The van der Waals surface area contributed by atoms with Crippen molar-refractivity contribution in [3.63, 3.8) is 0 Å². The Hall–Kier alpha value is -3.09. The molecule has 0 amide bonds. The maximum atomic E-state index is 13.5. The quantitative estimate of drug-likeness (QED) is 0.196. The number of carbonyl (C=O) groups is 1. The van der Waals surface area contributed by atoms with Crippen LogP contribution in [0, 0.1) is 33.8 Å². The van der Waals surface area contributed by atoms with E-state index in [1.807, 2.05) is 39.0 Å². The highest BCUT2D eigenvalue weighted by molar-refractivity contribution is 7.98. The van der Waals surface area contributed by atoms with Gasteiger partial charge in [-0.15, -0.1) is 10.2 Å². The number of aryl methyl sites for hydroxylation is 1. The first-order chi connectivity index (χ1) is 18.8. The second-order valence-corrected chi connectivity index (χ2v) is 14.2. The second kappa shape index (κ2) is 10.4. The average molecular weight is 584 g/mol. The summed E-state index contributed by atoms with van der Waals surface area (Å²) in [5.74, 6) is 0.950. The van der Waals surface area contributed by atoms with E-state index in [-0.39, 0.29) is 28.6 Å². The number of nitro benzene ring substituents is 1. The molecule has 5 rings (SSSR count). The highest BCUT2D eigenvalue weighted by Gasteiger charge is 2.65. The number of hydrogen-bond donors (Lipinski definition) is 1. The Balaban J connectivity index is 1.44. The van der Waals surface area contributed by atoms with Crippen molar-refractivity contribution in [3.05, 3.63) is 75.6 Å². The molecule has 2 aliphatic carbocycles. The van der Waals surface area contributed by atoms with Crippen molar-refractivity contribution in [2.45, 2.75) is 63.9 Å². The number of nitro groups is 1. The summed E-state index contributed by atoms with van der Waals surface area (Å²) in [5.41, 5.74) is 1.49. The van der Waals surface area contributed by atoms with Crippen molar-refractivity contribution in [3.8, 4) is 5.69 Å². The van der Waals surface area contributed by atoms with Gasteiger partial charge in [0.15, 0.2) is 11.0 Å². The van der Waals surface area contributed by atoms with Gasteiger partial charge in [-0.1, -0.05) is 55.4 Å². The van der Waals surface area contributed by atoms with Crippen LogP contribution >= 0.6 is 11.8 Å². The van der Waals surface area contributed by atoms with Crippen molar-refractivity contribution >= 4 is 33.3 Å². The molecule has 0 saturated heterocycles. The monoisotopic (exact) mass is 583 g/mol. The Bertz CT molecular complexity index is 1570. The molecule has 10 nitrogen and oxygen atoms in total. The molecule has 2 bridgehead atoms. The van der Waals surface area contributed by atoms with Gasteiger partial charge in [0.1, 0.15) is 5.78 Å². The fourth-order valence-electron chi connectivity index (χ4n) is 6.37. The summed E-state index contributed by atoms with van der Waals surface area (Å²) >= 11 is 1.44. The second-order valence-electron chi connectivity index (χ2n) is 11.5. The number of rotatable bonds is 10. The molecular weight excluding hydrogens is 550 g/mol. The molecule has 3 unspecified atom stereocenters. The number of hydrogen-bond acceptors (Lipinski definition) is 8. The Labute approximate surface area is 238 Å². The van der Waals surface area contributed by atoms with Crippen molar-refractivity contribution in [2.75, 3.05) is 5.75 Å². The molecule has 1 aromatic heterocycles. The number of fused-ring (bicyclic) bond motifs is 2. The van der Waals surface area contributed by atoms with Gasteiger partial charge in [-0.2, -0.15) is 0 Å². The number of sulfonamides is 1. The van der Waals surface area contributed by atoms with E-state index >= 15 is 0 Å². The van der Waals surface area contributed by atoms with Crippen LogP contribution in [0.15, 0.2) is 53.7 Å². The van der Waals surface area contributed by atoms with E-state index in [1.54, 1.807) is 23.6 Å². The number of nitrogens with zero attached hydrogens (tertiary/aromatic N) is 4. The number of nitrogens with one attached hydrogen (secondary N) is 1. The van der Waals surface area contributed by atoms with E-state index in [0.29, 0.717) is 35.3 Å². The van der Waals surface area contributed by atoms with Gasteiger partial charge >= 0.3 is 0 Å². The van der Waals surface area contributed by atoms with E-state index in [2.05, 4.69) is 21.0 Å². The van der Waals surface area contributed by atoms with Crippen LogP contribution in [0.5, 0.6) is 0 Å². The summed E-state index contributed by atoms with van der Waals surface area (Å²) in [6.45, 7) is 7.73. The van der Waals surface area contributed by atoms with Crippen LogP contribution in [0.3, 0.4) is 0 Å². The number of thioether (sulfide) groups is 1. The Morgan fingerprint density at radius 2 is 1.93 bits per heavy atom. The molecule has 12 heteroatoms. The summed E-state index contributed by atoms with van der Waals surface area (Å²) < 4.78 is 31.5. The predicted octanol–water partition coefficient (Wildman–Crippen LogP) is 5.15. The zero-order valence-electron chi connectivity index (χ0n) is 23.0. The molecule has 212 valence electrons. The van der Waals surface area contributed by atoms with Gasteiger partial charge in [-0.05, 0) is 55.7 Å². The lowest BCUT2D eigenvalue weighted by Crippen LogP contribution is -2.45. The third-order valence-corrected chi connectivity index (χ3v) is 11.3. The van der Waals surface area contributed by atoms with Crippen molar-refractivity contribution in [2.24, 2.45) is 16.7 Å². The fourth-order valence-corrected chi connectivity index (χ4v) is 9.32. The molecule has 2 saturated carbocycles. The van der Waals surface area contributed by atoms with E-state index in [1.165, 1.54) is 23.9 Å². The number of ketones is 1. The topological polar surface area (TPSA) is 137 Å². The minimum Gasteiger partial charge on any atom is -0.299 e. The molecule has 2 aromatic carbocycles. The van der Waals surface area contributed by atoms with E-state index in [0.717, 1.165) is 17.5 Å². The van der Waals surface area contributed by atoms with Gasteiger partial charge in [-0.25, -0.2) is 13.1 Å². The number of non-ortho nitro benzene ring substituents is 1. The van der Waals surface area contributed by atoms with Crippen LogP contribution in [0.25, 0.3) is 5.69 Å². The molecule has 0 radical (unpaired) electrons. The summed E-state index contributed by atoms with van der Waals surface area (Å²) in [6, 6.07) is 13.3. The first-order valence-electron chi connectivity index (χ1n) is 13.2. The van der Waals surface area contributed by atoms with Crippen LogP contribution in [-0.4, -0.2) is 39.6 Å². The van der Waals surface area contributed by atoms with Gasteiger partial charge in [0.05, 0.1) is 16.7 Å². The van der Waals surface area contributed by atoms with E-state index < -0.39 is 26.4 Å². The summed E-state index contributed by atoms with van der Waals surface area (Å²) in [5, 5.41) is 20.5. The first kappa shape index (κ1) is 28.4. The van der Waals surface area contributed by atoms with E-state index in [4.69, 9.17) is 0 Å². The SMILES string of the molecule is Cc1cccc(CSc2nnc(C(C)NS(=O)(=O)CC34CCC(CC3=O)C4(C)C)n2-c2ccc([N+](=O)[O-])cc2)c1. The zero-order valence-corrected chi connectivity index (χ0v) is 24.6. The average Bonchev–Trinajstić information content (AvgIpc) is 3.47. The van der Waals surface area contributed by atoms with Gasteiger partial charge < -0.3 is 0 Å². The summed E-state index contributed by atoms with van der Waals surface area (Å²) in [4.78, 5) is 23.7.